The van der Waals surface area contributed by atoms with Gasteiger partial charge in [-0.1, -0.05) is 0 Å². The molecule has 2 N–H and O–H groups in total. The number of carboxylic acid groups (broad SMARTS) is 2. The quantitative estimate of drug-likeness (QED) is 0.304. The minimum Gasteiger partial charge on any atom is -0.481 e. The first-order valence-electron chi connectivity index (χ1n) is 7.11. The zero-order chi connectivity index (χ0) is 18.5. The van der Waals surface area contributed by atoms with Crippen molar-refractivity contribution >= 4 is 35.8 Å². The summed E-state index contributed by atoms with van der Waals surface area (Å²) in [4.78, 5) is 65.1. The molecule has 0 rings (SSSR count). The molecular weight excluding hydrogens is 328 g/mol. The van der Waals surface area contributed by atoms with Crippen LogP contribution in [0.1, 0.15) is 51.4 Å². The first-order valence-corrected chi connectivity index (χ1v) is 7.11. The van der Waals surface area contributed by atoms with Crippen LogP contribution in [-0.4, -0.2) is 46.0 Å². The molecule has 0 radical (unpaired) electrons. The third kappa shape index (κ3) is 12.9. The van der Waals surface area contributed by atoms with Crippen LogP contribution in [0.2, 0.25) is 0 Å². The molecule has 0 saturated heterocycles. The standard InChI is InChI=1S/C14H18O10/c15-9(16)5-7-13(21)23-11(19)3-1-2-4-12(20)24-14(22)8-6-10(17)18/h1-8H2,(H,15,16)(H,17,18). The number of esters is 4. The van der Waals surface area contributed by atoms with Gasteiger partial charge in [0.05, 0.1) is 25.7 Å². The number of unbranched alkanes of at least 4 members (excludes halogenated alkanes) is 1. The normalized spacial score (nSPS) is 9.83. The molecule has 0 aliphatic carbocycles. The van der Waals surface area contributed by atoms with Gasteiger partial charge >= 0.3 is 35.8 Å². The van der Waals surface area contributed by atoms with Crippen molar-refractivity contribution in [3.8, 4) is 0 Å². The first-order chi connectivity index (χ1) is 11.2. The third-order valence-corrected chi connectivity index (χ3v) is 2.55. The lowest BCUT2D eigenvalue weighted by Crippen LogP contribution is -2.14. The van der Waals surface area contributed by atoms with E-state index >= 15 is 0 Å². The van der Waals surface area contributed by atoms with E-state index in [0.29, 0.717) is 0 Å². The van der Waals surface area contributed by atoms with E-state index in [1.165, 1.54) is 0 Å². The Bertz CT molecular complexity index is 462. The summed E-state index contributed by atoms with van der Waals surface area (Å²) in [5, 5.41) is 16.7. The molecule has 0 unspecified atom stereocenters. The van der Waals surface area contributed by atoms with Crippen LogP contribution in [0.25, 0.3) is 0 Å². The number of aliphatic carboxylic acids is 2. The molecule has 10 heteroatoms. The Morgan fingerprint density at radius 2 is 0.792 bits per heavy atom. The zero-order valence-corrected chi connectivity index (χ0v) is 12.8. The number of carbonyl (C=O) groups is 6. The highest BCUT2D eigenvalue weighted by Crippen LogP contribution is 2.05. The fourth-order valence-electron chi connectivity index (χ4n) is 1.41. The number of carboxylic acids is 2. The summed E-state index contributed by atoms with van der Waals surface area (Å²) in [5.41, 5.74) is 0. The van der Waals surface area contributed by atoms with Gasteiger partial charge in [0.15, 0.2) is 0 Å². The molecule has 10 nitrogen and oxygen atoms in total. The fourth-order valence-corrected chi connectivity index (χ4v) is 1.41. The molecule has 0 aromatic heterocycles. The van der Waals surface area contributed by atoms with Crippen LogP contribution in [0.4, 0.5) is 0 Å². The molecule has 0 aromatic carbocycles. The number of hydrogen-bond donors (Lipinski definition) is 2. The van der Waals surface area contributed by atoms with Gasteiger partial charge in [0.1, 0.15) is 0 Å². The van der Waals surface area contributed by atoms with E-state index in [-0.39, 0.29) is 25.7 Å². The maximum atomic E-state index is 11.3. The molecule has 0 amide bonds. The van der Waals surface area contributed by atoms with Crippen molar-refractivity contribution in [1.82, 2.24) is 0 Å². The van der Waals surface area contributed by atoms with Gasteiger partial charge in [0.25, 0.3) is 0 Å². The van der Waals surface area contributed by atoms with Crippen LogP contribution in [0.3, 0.4) is 0 Å². The van der Waals surface area contributed by atoms with Crippen molar-refractivity contribution in [2.24, 2.45) is 0 Å². The molecule has 0 aliphatic rings. The Morgan fingerprint density at radius 1 is 0.500 bits per heavy atom. The summed E-state index contributed by atoms with van der Waals surface area (Å²) in [5.74, 6) is -5.92. The number of ether oxygens (including phenoxy) is 2. The highest BCUT2D eigenvalue weighted by molar-refractivity contribution is 5.87. The van der Waals surface area contributed by atoms with Gasteiger partial charge in [-0.05, 0) is 12.8 Å². The van der Waals surface area contributed by atoms with E-state index in [2.05, 4.69) is 9.47 Å². The number of rotatable bonds is 11. The average Bonchev–Trinajstić information content (AvgIpc) is 2.47. The van der Waals surface area contributed by atoms with E-state index in [9.17, 15) is 28.8 Å². The highest BCUT2D eigenvalue weighted by atomic mass is 16.6. The second-order valence-electron chi connectivity index (χ2n) is 4.69. The molecule has 0 bridgehead atoms. The average molecular weight is 346 g/mol. The summed E-state index contributed by atoms with van der Waals surface area (Å²) in [6, 6.07) is 0. The van der Waals surface area contributed by atoms with Crippen LogP contribution in [0, 0.1) is 0 Å². The lowest BCUT2D eigenvalue weighted by atomic mass is 10.2. The Morgan fingerprint density at radius 3 is 1.08 bits per heavy atom. The molecule has 0 fully saturated rings. The second-order valence-corrected chi connectivity index (χ2v) is 4.69. The monoisotopic (exact) mass is 346 g/mol. The Hall–Kier alpha value is -2.78. The lowest BCUT2D eigenvalue weighted by Gasteiger charge is -2.03. The molecule has 24 heavy (non-hydrogen) atoms. The molecule has 0 aliphatic heterocycles. The van der Waals surface area contributed by atoms with Crippen LogP contribution < -0.4 is 0 Å². The maximum absolute atomic E-state index is 11.3. The van der Waals surface area contributed by atoms with Gasteiger partial charge in [0, 0.05) is 12.8 Å². The van der Waals surface area contributed by atoms with Crippen LogP contribution in [0.15, 0.2) is 0 Å². The molecule has 134 valence electrons. The van der Waals surface area contributed by atoms with Crippen molar-refractivity contribution in [3.05, 3.63) is 0 Å². The minimum atomic E-state index is -1.18. The summed E-state index contributed by atoms with van der Waals surface area (Å²) < 4.78 is 8.72. The molecule has 0 spiro atoms. The molecule has 0 saturated carbocycles. The topological polar surface area (TPSA) is 161 Å². The van der Waals surface area contributed by atoms with Gasteiger partial charge in [-0.2, -0.15) is 0 Å². The van der Waals surface area contributed by atoms with Crippen molar-refractivity contribution in [3.63, 3.8) is 0 Å². The summed E-state index contributed by atoms with van der Waals surface area (Å²) >= 11 is 0. The van der Waals surface area contributed by atoms with Crippen LogP contribution >= 0.6 is 0 Å². The SMILES string of the molecule is O=C(O)CCC(=O)OC(=O)CCCCC(=O)OC(=O)CCC(=O)O. The third-order valence-electron chi connectivity index (χ3n) is 2.55. The van der Waals surface area contributed by atoms with Gasteiger partial charge in [-0.15, -0.1) is 0 Å². The Labute approximate surface area is 136 Å². The maximum Gasteiger partial charge on any atom is 0.314 e. The van der Waals surface area contributed by atoms with Crippen molar-refractivity contribution in [2.75, 3.05) is 0 Å². The number of carbonyl (C=O) groups excluding carboxylic acids is 4. The predicted octanol–water partition coefficient (Wildman–Crippen LogP) is 0.416. The van der Waals surface area contributed by atoms with Crippen LogP contribution in [-0.2, 0) is 38.2 Å². The van der Waals surface area contributed by atoms with E-state index in [4.69, 9.17) is 10.2 Å². The largest absolute Gasteiger partial charge is 0.481 e. The van der Waals surface area contributed by atoms with Crippen molar-refractivity contribution < 1.29 is 48.5 Å². The summed E-state index contributed by atoms with van der Waals surface area (Å²) in [6.07, 6.45) is -1.61. The van der Waals surface area contributed by atoms with Gasteiger partial charge in [-0.3, -0.25) is 28.8 Å². The van der Waals surface area contributed by atoms with Crippen molar-refractivity contribution in [1.29, 1.82) is 0 Å². The van der Waals surface area contributed by atoms with E-state index in [1.54, 1.807) is 0 Å². The lowest BCUT2D eigenvalue weighted by molar-refractivity contribution is -0.163. The fraction of sp³-hybridized carbons (Fsp3) is 0.571. The summed E-state index contributed by atoms with van der Waals surface area (Å²) in [6.45, 7) is 0. The van der Waals surface area contributed by atoms with E-state index in [1.807, 2.05) is 0 Å². The van der Waals surface area contributed by atoms with Crippen LogP contribution in [0.5, 0.6) is 0 Å². The van der Waals surface area contributed by atoms with E-state index in [0.717, 1.165) is 0 Å². The van der Waals surface area contributed by atoms with E-state index < -0.39 is 61.5 Å². The minimum absolute atomic E-state index is 0.154. The molecule has 0 aromatic rings. The predicted molar refractivity (Wildman–Crippen MR) is 74.4 cm³/mol. The zero-order valence-electron chi connectivity index (χ0n) is 12.8. The van der Waals surface area contributed by atoms with Crippen molar-refractivity contribution in [2.45, 2.75) is 51.4 Å². The van der Waals surface area contributed by atoms with Gasteiger partial charge in [-0.25, -0.2) is 0 Å². The Balaban J connectivity index is 3.76. The summed E-state index contributed by atoms with van der Waals surface area (Å²) in [7, 11) is 0. The molecule has 0 atom stereocenters. The molecule has 0 heterocycles. The molecular formula is C14H18O10. The Kier molecular flexibility index (Phi) is 10.4. The first kappa shape index (κ1) is 21.2. The van der Waals surface area contributed by atoms with Gasteiger partial charge < -0.3 is 19.7 Å². The second kappa shape index (κ2) is 11.7. The highest BCUT2D eigenvalue weighted by Gasteiger charge is 2.14. The van der Waals surface area contributed by atoms with Gasteiger partial charge in [0.2, 0.25) is 0 Å². The number of hydrogen-bond acceptors (Lipinski definition) is 8. The smallest absolute Gasteiger partial charge is 0.314 e.